The molecule has 2 heterocycles. The Bertz CT molecular complexity index is 264. The monoisotopic (exact) mass is 269 g/mol. The van der Waals surface area contributed by atoms with Gasteiger partial charge in [-0.25, -0.2) is 0 Å². The van der Waals surface area contributed by atoms with Crippen LogP contribution in [-0.2, 0) is 4.74 Å². The van der Waals surface area contributed by atoms with Gasteiger partial charge in [0.05, 0.1) is 12.7 Å². The Labute approximate surface area is 118 Å². The number of hydrogen-bond acceptors (Lipinski definition) is 4. The molecule has 2 fully saturated rings. The minimum absolute atomic E-state index is 0.399. The van der Waals surface area contributed by atoms with Gasteiger partial charge < -0.3 is 20.3 Å². The van der Waals surface area contributed by atoms with E-state index >= 15 is 0 Å². The van der Waals surface area contributed by atoms with Gasteiger partial charge in [0.15, 0.2) is 0 Å². The highest BCUT2D eigenvalue weighted by Gasteiger charge is 2.33. The summed E-state index contributed by atoms with van der Waals surface area (Å²) >= 11 is 0. The maximum absolute atomic E-state index is 5.71. The average Bonchev–Trinajstić information content (AvgIpc) is 2.84. The Morgan fingerprint density at radius 1 is 1.42 bits per heavy atom. The molecule has 0 spiro atoms. The molecule has 0 aliphatic carbocycles. The second-order valence-electron chi connectivity index (χ2n) is 6.90. The smallest absolute Gasteiger partial charge is 0.0712 e. The summed E-state index contributed by atoms with van der Waals surface area (Å²) in [5, 5.41) is 7.02. The first-order chi connectivity index (χ1) is 9.08. The van der Waals surface area contributed by atoms with Crippen LogP contribution in [0, 0.1) is 11.3 Å². The fourth-order valence-corrected chi connectivity index (χ4v) is 3.20. The van der Waals surface area contributed by atoms with Crippen molar-refractivity contribution in [1.82, 2.24) is 15.5 Å². The van der Waals surface area contributed by atoms with Gasteiger partial charge in [-0.2, -0.15) is 0 Å². The number of hydrogen-bond donors (Lipinski definition) is 2. The maximum Gasteiger partial charge on any atom is 0.0712 e. The van der Waals surface area contributed by atoms with Crippen molar-refractivity contribution in [3.63, 3.8) is 0 Å². The van der Waals surface area contributed by atoms with Gasteiger partial charge in [0.2, 0.25) is 0 Å². The standard InChI is InChI=1S/C15H31N3O/c1-15(2,13-5-8-18(3)11-13)12-17-6-4-14-10-16-7-9-19-14/h13-14,16-17H,4-12H2,1-3H3. The first-order valence-electron chi connectivity index (χ1n) is 7.79. The van der Waals surface area contributed by atoms with Gasteiger partial charge in [-0.05, 0) is 44.3 Å². The second kappa shape index (κ2) is 7.02. The minimum Gasteiger partial charge on any atom is -0.376 e. The van der Waals surface area contributed by atoms with Gasteiger partial charge in [-0.15, -0.1) is 0 Å². The van der Waals surface area contributed by atoms with Crippen molar-refractivity contribution in [1.29, 1.82) is 0 Å². The van der Waals surface area contributed by atoms with E-state index in [1.165, 1.54) is 19.5 Å². The van der Waals surface area contributed by atoms with Crippen molar-refractivity contribution in [2.24, 2.45) is 11.3 Å². The summed E-state index contributed by atoms with van der Waals surface area (Å²) < 4.78 is 5.71. The van der Waals surface area contributed by atoms with Crippen LogP contribution in [-0.4, -0.2) is 63.9 Å². The molecule has 2 N–H and O–H groups in total. The zero-order chi connectivity index (χ0) is 13.7. The molecule has 0 radical (unpaired) electrons. The van der Waals surface area contributed by atoms with E-state index in [1.54, 1.807) is 0 Å². The Balaban J connectivity index is 1.61. The lowest BCUT2D eigenvalue weighted by atomic mass is 9.78. The fourth-order valence-electron chi connectivity index (χ4n) is 3.20. The molecule has 0 bridgehead atoms. The molecule has 4 nitrogen and oxygen atoms in total. The van der Waals surface area contributed by atoms with Crippen molar-refractivity contribution in [3.8, 4) is 0 Å². The third-order valence-electron chi connectivity index (χ3n) is 4.72. The number of rotatable bonds is 6. The summed E-state index contributed by atoms with van der Waals surface area (Å²) in [6.45, 7) is 12.4. The second-order valence-corrected chi connectivity index (χ2v) is 6.90. The van der Waals surface area contributed by atoms with E-state index in [9.17, 15) is 0 Å². The average molecular weight is 269 g/mol. The first-order valence-corrected chi connectivity index (χ1v) is 7.79. The highest BCUT2D eigenvalue weighted by Crippen LogP contribution is 2.33. The van der Waals surface area contributed by atoms with Crippen LogP contribution >= 0.6 is 0 Å². The third-order valence-corrected chi connectivity index (χ3v) is 4.72. The predicted molar refractivity (Wildman–Crippen MR) is 79.5 cm³/mol. The Morgan fingerprint density at radius 2 is 2.26 bits per heavy atom. The van der Waals surface area contributed by atoms with E-state index in [0.717, 1.165) is 45.1 Å². The Morgan fingerprint density at radius 3 is 2.89 bits per heavy atom. The van der Waals surface area contributed by atoms with Crippen LogP contribution in [0.4, 0.5) is 0 Å². The molecule has 0 amide bonds. The zero-order valence-corrected chi connectivity index (χ0v) is 12.9. The van der Waals surface area contributed by atoms with Crippen molar-refractivity contribution >= 4 is 0 Å². The van der Waals surface area contributed by atoms with Gasteiger partial charge in [0.25, 0.3) is 0 Å². The number of nitrogens with zero attached hydrogens (tertiary/aromatic N) is 1. The summed E-state index contributed by atoms with van der Waals surface area (Å²) in [6, 6.07) is 0. The Hall–Kier alpha value is -0.160. The molecular formula is C15H31N3O. The van der Waals surface area contributed by atoms with Crippen LogP contribution in [0.1, 0.15) is 26.7 Å². The molecule has 112 valence electrons. The van der Waals surface area contributed by atoms with Gasteiger partial charge in [-0.3, -0.25) is 0 Å². The van der Waals surface area contributed by atoms with Crippen LogP contribution in [0.25, 0.3) is 0 Å². The molecule has 2 aliphatic heterocycles. The number of ether oxygens (including phenoxy) is 1. The molecule has 2 aliphatic rings. The van der Waals surface area contributed by atoms with Gasteiger partial charge in [-0.1, -0.05) is 13.8 Å². The lowest BCUT2D eigenvalue weighted by Gasteiger charge is -2.32. The summed E-state index contributed by atoms with van der Waals surface area (Å²) in [6.07, 6.45) is 2.87. The van der Waals surface area contributed by atoms with Crippen molar-refractivity contribution in [3.05, 3.63) is 0 Å². The van der Waals surface area contributed by atoms with Crippen molar-refractivity contribution < 1.29 is 4.74 Å². The van der Waals surface area contributed by atoms with Crippen LogP contribution in [0.3, 0.4) is 0 Å². The maximum atomic E-state index is 5.71. The van der Waals surface area contributed by atoms with Crippen LogP contribution in [0.15, 0.2) is 0 Å². The van der Waals surface area contributed by atoms with Crippen LogP contribution < -0.4 is 10.6 Å². The molecular weight excluding hydrogens is 238 g/mol. The van der Waals surface area contributed by atoms with Gasteiger partial charge in [0.1, 0.15) is 0 Å². The SMILES string of the molecule is CN1CCC(C(C)(C)CNCCC2CNCCO2)C1. The fraction of sp³-hybridized carbons (Fsp3) is 1.00. The van der Waals surface area contributed by atoms with E-state index in [0.29, 0.717) is 11.5 Å². The highest BCUT2D eigenvalue weighted by atomic mass is 16.5. The molecule has 0 aromatic rings. The molecule has 19 heavy (non-hydrogen) atoms. The number of morpholine rings is 1. The van der Waals surface area contributed by atoms with Crippen molar-refractivity contribution in [2.75, 3.05) is 52.9 Å². The molecule has 2 unspecified atom stereocenters. The van der Waals surface area contributed by atoms with Crippen molar-refractivity contribution in [2.45, 2.75) is 32.8 Å². The molecule has 4 heteroatoms. The lowest BCUT2D eigenvalue weighted by Crippen LogP contribution is -2.41. The largest absolute Gasteiger partial charge is 0.376 e. The summed E-state index contributed by atoms with van der Waals surface area (Å²) in [5.41, 5.74) is 0.399. The molecule has 0 aromatic heterocycles. The predicted octanol–water partition coefficient (Wildman–Crippen LogP) is 0.932. The molecule has 0 saturated carbocycles. The van der Waals surface area contributed by atoms with E-state index in [-0.39, 0.29) is 0 Å². The summed E-state index contributed by atoms with van der Waals surface area (Å²) in [7, 11) is 2.23. The molecule has 2 saturated heterocycles. The quantitative estimate of drug-likeness (QED) is 0.704. The lowest BCUT2D eigenvalue weighted by molar-refractivity contribution is 0.0233. The number of likely N-dealkylation sites (tertiary alicyclic amines) is 1. The molecule has 2 atom stereocenters. The molecule has 0 aromatic carbocycles. The van der Waals surface area contributed by atoms with Crippen LogP contribution in [0.2, 0.25) is 0 Å². The topological polar surface area (TPSA) is 36.5 Å². The summed E-state index contributed by atoms with van der Waals surface area (Å²) in [4.78, 5) is 2.45. The minimum atomic E-state index is 0.399. The number of nitrogens with one attached hydrogen (secondary N) is 2. The van der Waals surface area contributed by atoms with Crippen LogP contribution in [0.5, 0.6) is 0 Å². The van der Waals surface area contributed by atoms with E-state index in [2.05, 4.69) is 36.4 Å². The first kappa shape index (κ1) is 15.2. The van der Waals surface area contributed by atoms with E-state index in [4.69, 9.17) is 4.74 Å². The normalized spacial score (nSPS) is 29.8. The van der Waals surface area contributed by atoms with E-state index < -0.39 is 0 Å². The van der Waals surface area contributed by atoms with Gasteiger partial charge in [0, 0.05) is 26.2 Å². The van der Waals surface area contributed by atoms with E-state index in [1.807, 2.05) is 0 Å². The highest BCUT2D eigenvalue weighted by molar-refractivity contribution is 4.87. The Kier molecular flexibility index (Phi) is 5.63. The molecule has 2 rings (SSSR count). The zero-order valence-electron chi connectivity index (χ0n) is 12.9. The third kappa shape index (κ3) is 4.71. The van der Waals surface area contributed by atoms with Gasteiger partial charge >= 0.3 is 0 Å². The summed E-state index contributed by atoms with van der Waals surface area (Å²) in [5.74, 6) is 0.831.